The van der Waals surface area contributed by atoms with Gasteiger partial charge in [-0.3, -0.25) is 0 Å². The lowest BCUT2D eigenvalue weighted by molar-refractivity contribution is 0.104. The summed E-state index contributed by atoms with van der Waals surface area (Å²) in [5.74, 6) is 0.621. The van der Waals surface area contributed by atoms with Crippen LogP contribution in [0.1, 0.15) is 56.7 Å². The molecule has 1 heteroatoms. The van der Waals surface area contributed by atoms with E-state index in [4.69, 9.17) is 0 Å². The minimum atomic E-state index is 0.393. The zero-order valence-electron chi connectivity index (χ0n) is 11.7. The van der Waals surface area contributed by atoms with Gasteiger partial charge in [-0.05, 0) is 36.3 Å². The molecule has 3 aliphatic rings. The Morgan fingerprint density at radius 2 is 2.00 bits per heavy atom. The van der Waals surface area contributed by atoms with Crippen molar-refractivity contribution >= 4 is 0 Å². The van der Waals surface area contributed by atoms with E-state index in [2.05, 4.69) is 56.9 Å². The molecule has 3 atom stereocenters. The summed E-state index contributed by atoms with van der Waals surface area (Å²) >= 11 is 0. The number of piperidine rings is 1. The zero-order chi connectivity index (χ0) is 12.9. The Bertz CT molecular complexity index is 486. The second-order valence-electron chi connectivity index (χ2n) is 6.79. The molecule has 2 bridgehead atoms. The molecule has 4 rings (SSSR count). The molecule has 0 saturated carbocycles. The van der Waals surface area contributed by atoms with Crippen molar-refractivity contribution in [3.63, 3.8) is 0 Å². The Morgan fingerprint density at radius 3 is 2.67 bits per heavy atom. The van der Waals surface area contributed by atoms with E-state index >= 15 is 0 Å². The Kier molecular flexibility index (Phi) is 2.63. The first-order valence-corrected chi connectivity index (χ1v) is 6.98. The Labute approximate surface area is 110 Å². The Balaban J connectivity index is 2.06. The summed E-state index contributed by atoms with van der Waals surface area (Å²) in [6, 6.07) is 10.1. The third kappa shape index (κ3) is 1.73. The topological polar surface area (TPSA) is 12.0 Å². The fourth-order valence-electron chi connectivity index (χ4n) is 4.11. The smallest absolute Gasteiger partial charge is 0.0331 e. The van der Waals surface area contributed by atoms with E-state index in [1.807, 2.05) is 0 Å². The average molecular weight is 241 g/mol. The van der Waals surface area contributed by atoms with Crippen LogP contribution in [-0.4, -0.2) is 6.04 Å². The predicted octanol–water partition coefficient (Wildman–Crippen LogP) is 4.18. The van der Waals surface area contributed by atoms with Gasteiger partial charge in [0.1, 0.15) is 0 Å². The van der Waals surface area contributed by atoms with Crippen LogP contribution in [0.25, 0.3) is 0 Å². The van der Waals surface area contributed by atoms with Gasteiger partial charge < -0.3 is 5.32 Å². The SMILES string of the molecule is C=C(C)C[C@@H]1N[C@H]2CC(C)(C)[C@@H]1c1ccccc12. The molecule has 96 valence electrons. The fraction of sp³-hybridized carbons (Fsp3) is 0.529. The van der Waals surface area contributed by atoms with Crippen LogP contribution in [0, 0.1) is 5.41 Å². The molecule has 1 fully saturated rings. The van der Waals surface area contributed by atoms with E-state index in [-0.39, 0.29) is 0 Å². The van der Waals surface area contributed by atoms with Crippen molar-refractivity contribution in [2.24, 2.45) is 5.41 Å². The van der Waals surface area contributed by atoms with E-state index in [1.165, 1.54) is 17.6 Å². The molecule has 1 aliphatic carbocycles. The van der Waals surface area contributed by atoms with Crippen molar-refractivity contribution < 1.29 is 0 Å². The third-order valence-electron chi connectivity index (χ3n) is 4.66. The summed E-state index contributed by atoms with van der Waals surface area (Å²) < 4.78 is 0. The van der Waals surface area contributed by atoms with Gasteiger partial charge in [-0.2, -0.15) is 0 Å². The highest BCUT2D eigenvalue weighted by Crippen LogP contribution is 2.55. The lowest BCUT2D eigenvalue weighted by Gasteiger charge is -2.54. The van der Waals surface area contributed by atoms with Gasteiger partial charge in [-0.1, -0.05) is 43.7 Å². The van der Waals surface area contributed by atoms with E-state index in [9.17, 15) is 0 Å². The van der Waals surface area contributed by atoms with Crippen molar-refractivity contribution in [2.45, 2.75) is 51.6 Å². The van der Waals surface area contributed by atoms with Crippen LogP contribution in [0.4, 0.5) is 0 Å². The van der Waals surface area contributed by atoms with Crippen LogP contribution in [0.3, 0.4) is 0 Å². The first kappa shape index (κ1) is 12.0. The van der Waals surface area contributed by atoms with Crippen LogP contribution in [-0.2, 0) is 0 Å². The molecular weight excluding hydrogens is 218 g/mol. The maximum Gasteiger partial charge on any atom is 0.0331 e. The minimum Gasteiger partial charge on any atom is -0.306 e. The Morgan fingerprint density at radius 1 is 1.33 bits per heavy atom. The monoisotopic (exact) mass is 241 g/mol. The highest BCUT2D eigenvalue weighted by molar-refractivity contribution is 5.41. The predicted molar refractivity (Wildman–Crippen MR) is 76.7 cm³/mol. The van der Waals surface area contributed by atoms with E-state index in [0.717, 1.165) is 6.42 Å². The molecule has 1 aromatic rings. The number of fused-ring (bicyclic) bond motifs is 2. The molecule has 0 spiro atoms. The van der Waals surface area contributed by atoms with Crippen molar-refractivity contribution in [2.75, 3.05) is 0 Å². The Hall–Kier alpha value is -1.08. The van der Waals surface area contributed by atoms with Gasteiger partial charge in [-0.15, -0.1) is 6.58 Å². The van der Waals surface area contributed by atoms with Crippen molar-refractivity contribution in [3.05, 3.63) is 47.5 Å². The molecular formula is C17H23N. The molecule has 1 N–H and O–H groups in total. The summed E-state index contributed by atoms with van der Waals surface area (Å²) in [6.45, 7) is 11.1. The minimum absolute atomic E-state index is 0.393. The van der Waals surface area contributed by atoms with Gasteiger partial charge in [0.15, 0.2) is 0 Å². The first-order chi connectivity index (χ1) is 8.49. The van der Waals surface area contributed by atoms with E-state index in [1.54, 1.807) is 5.56 Å². The standard InChI is InChI=1S/C17H23N/c1-11(2)9-14-16-13-8-6-5-7-12(13)15(18-14)10-17(16,3)4/h5-8,14-16,18H,1,9-10H2,2-4H3/t14-,15-,16+/m0/s1. The van der Waals surface area contributed by atoms with Gasteiger partial charge in [0, 0.05) is 18.0 Å². The molecule has 2 aliphatic heterocycles. The highest BCUT2D eigenvalue weighted by Gasteiger charge is 2.48. The quantitative estimate of drug-likeness (QED) is 0.766. The molecule has 0 aromatic heterocycles. The van der Waals surface area contributed by atoms with Crippen molar-refractivity contribution in [3.8, 4) is 0 Å². The van der Waals surface area contributed by atoms with Crippen molar-refractivity contribution in [1.29, 1.82) is 0 Å². The molecule has 0 amide bonds. The maximum atomic E-state index is 4.10. The average Bonchev–Trinajstić information content (AvgIpc) is 2.26. The lowest BCUT2D eigenvalue weighted by Crippen LogP contribution is -2.54. The number of hydrogen-bond donors (Lipinski definition) is 1. The second-order valence-corrected chi connectivity index (χ2v) is 6.79. The summed E-state index contributed by atoms with van der Waals surface area (Å²) in [5.41, 5.74) is 4.78. The van der Waals surface area contributed by atoms with Gasteiger partial charge >= 0.3 is 0 Å². The summed E-state index contributed by atoms with van der Waals surface area (Å²) in [4.78, 5) is 0. The van der Waals surface area contributed by atoms with Crippen LogP contribution in [0.2, 0.25) is 0 Å². The first-order valence-electron chi connectivity index (χ1n) is 6.98. The van der Waals surface area contributed by atoms with E-state index in [0.29, 0.717) is 23.4 Å². The molecule has 2 heterocycles. The van der Waals surface area contributed by atoms with Gasteiger partial charge in [0.05, 0.1) is 0 Å². The molecule has 0 radical (unpaired) electrons. The van der Waals surface area contributed by atoms with E-state index < -0.39 is 0 Å². The zero-order valence-corrected chi connectivity index (χ0v) is 11.7. The normalized spacial score (nSPS) is 32.1. The third-order valence-corrected chi connectivity index (χ3v) is 4.66. The van der Waals surface area contributed by atoms with Crippen LogP contribution < -0.4 is 5.32 Å². The lowest BCUT2D eigenvalue weighted by atomic mass is 9.58. The molecule has 1 aromatic carbocycles. The van der Waals surface area contributed by atoms with Crippen LogP contribution in [0.15, 0.2) is 36.4 Å². The van der Waals surface area contributed by atoms with Gasteiger partial charge in [-0.25, -0.2) is 0 Å². The summed E-state index contributed by atoms with van der Waals surface area (Å²) in [6.07, 6.45) is 2.35. The number of rotatable bonds is 2. The molecule has 0 unspecified atom stereocenters. The van der Waals surface area contributed by atoms with Crippen LogP contribution in [0.5, 0.6) is 0 Å². The molecule has 18 heavy (non-hydrogen) atoms. The number of benzene rings is 1. The molecule has 1 saturated heterocycles. The fourth-order valence-corrected chi connectivity index (χ4v) is 4.11. The number of nitrogens with one attached hydrogen (secondary N) is 1. The highest BCUT2D eigenvalue weighted by atomic mass is 15.0. The van der Waals surface area contributed by atoms with Gasteiger partial charge in [0.2, 0.25) is 0 Å². The maximum absolute atomic E-state index is 4.10. The summed E-state index contributed by atoms with van der Waals surface area (Å²) in [7, 11) is 0. The molecule has 1 nitrogen and oxygen atoms in total. The largest absolute Gasteiger partial charge is 0.306 e. The summed E-state index contributed by atoms with van der Waals surface area (Å²) in [5, 5.41) is 3.84. The number of hydrogen-bond acceptors (Lipinski definition) is 1. The van der Waals surface area contributed by atoms with Gasteiger partial charge in [0.25, 0.3) is 0 Å². The second kappa shape index (κ2) is 3.96. The van der Waals surface area contributed by atoms with Crippen molar-refractivity contribution in [1.82, 2.24) is 5.32 Å². The van der Waals surface area contributed by atoms with Crippen LogP contribution >= 0.6 is 0 Å².